The monoisotopic (exact) mass is 206 g/mol. The number of hydrogen-bond acceptors (Lipinski definition) is 2. The molecule has 1 aromatic rings. The molecule has 1 aromatic carbocycles. The number of rotatable bonds is 5. The van der Waals surface area contributed by atoms with Crippen molar-refractivity contribution in [2.24, 2.45) is 0 Å². The normalized spacial score (nSPS) is 9.40. The molecule has 0 fully saturated rings. The van der Waals surface area contributed by atoms with Crippen LogP contribution in [-0.4, -0.2) is 12.3 Å². The Morgan fingerprint density at radius 3 is 2.93 bits per heavy atom. The molecule has 2 N–H and O–H groups in total. The Morgan fingerprint density at radius 1 is 1.47 bits per heavy atom. The second kappa shape index (κ2) is 5.80. The van der Waals surface area contributed by atoms with Gasteiger partial charge in [0.2, 0.25) is 6.41 Å². The predicted octanol–water partition coefficient (Wildman–Crippen LogP) is 1.03. The largest absolute Gasteiger partial charge is 0.277 e. The van der Waals surface area contributed by atoms with Crippen LogP contribution < -0.4 is 10.9 Å². The second-order valence-electron chi connectivity index (χ2n) is 3.17. The quantitative estimate of drug-likeness (QED) is 0.558. The SMILES string of the molecule is CCCc1cccc(C(=O)NNC=O)c1. The summed E-state index contributed by atoms with van der Waals surface area (Å²) in [5.74, 6) is -0.306. The molecule has 0 bridgehead atoms. The molecular formula is C11H14N2O2. The van der Waals surface area contributed by atoms with Gasteiger partial charge in [0.25, 0.3) is 5.91 Å². The van der Waals surface area contributed by atoms with Crippen molar-refractivity contribution in [2.45, 2.75) is 19.8 Å². The summed E-state index contributed by atoms with van der Waals surface area (Å²) in [6, 6.07) is 7.35. The second-order valence-corrected chi connectivity index (χ2v) is 3.17. The van der Waals surface area contributed by atoms with Crippen molar-refractivity contribution in [1.82, 2.24) is 10.9 Å². The molecule has 80 valence electrons. The summed E-state index contributed by atoms with van der Waals surface area (Å²) in [6.07, 6.45) is 2.41. The maximum absolute atomic E-state index is 11.4. The summed E-state index contributed by atoms with van der Waals surface area (Å²) in [5.41, 5.74) is 6.05. The van der Waals surface area contributed by atoms with Crippen molar-refractivity contribution >= 4 is 12.3 Å². The summed E-state index contributed by atoms with van der Waals surface area (Å²) in [5, 5.41) is 0. The third kappa shape index (κ3) is 3.42. The first-order valence-corrected chi connectivity index (χ1v) is 4.86. The Morgan fingerprint density at radius 2 is 2.27 bits per heavy atom. The van der Waals surface area contributed by atoms with E-state index in [2.05, 4.69) is 17.8 Å². The average molecular weight is 206 g/mol. The smallest absolute Gasteiger partial charge is 0.269 e. The predicted molar refractivity (Wildman–Crippen MR) is 57.1 cm³/mol. The minimum atomic E-state index is -0.306. The topological polar surface area (TPSA) is 58.2 Å². The van der Waals surface area contributed by atoms with Crippen molar-refractivity contribution in [1.29, 1.82) is 0 Å². The Labute approximate surface area is 88.6 Å². The molecule has 1 rings (SSSR count). The number of aryl methyl sites for hydroxylation is 1. The highest BCUT2D eigenvalue weighted by Crippen LogP contribution is 2.07. The number of hydrazine groups is 1. The minimum Gasteiger partial charge on any atom is -0.277 e. The van der Waals surface area contributed by atoms with Crippen LogP contribution in [0.2, 0.25) is 0 Å². The molecular weight excluding hydrogens is 192 g/mol. The lowest BCUT2D eigenvalue weighted by Gasteiger charge is -2.04. The van der Waals surface area contributed by atoms with Gasteiger partial charge >= 0.3 is 0 Å². The molecule has 0 spiro atoms. The maximum Gasteiger partial charge on any atom is 0.269 e. The van der Waals surface area contributed by atoms with Crippen LogP contribution in [0.1, 0.15) is 29.3 Å². The van der Waals surface area contributed by atoms with Crippen molar-refractivity contribution in [3.63, 3.8) is 0 Å². The van der Waals surface area contributed by atoms with Gasteiger partial charge in [-0.1, -0.05) is 25.5 Å². The standard InChI is InChI=1S/C11H14N2O2/c1-2-4-9-5-3-6-10(7-9)11(15)13-12-8-14/h3,5-8H,2,4H2,1H3,(H,12,14)(H,13,15). The van der Waals surface area contributed by atoms with Crippen LogP contribution in [0.5, 0.6) is 0 Å². The van der Waals surface area contributed by atoms with Gasteiger partial charge in [-0.3, -0.25) is 20.4 Å². The minimum absolute atomic E-state index is 0.306. The molecule has 0 radical (unpaired) electrons. The highest BCUT2D eigenvalue weighted by molar-refractivity contribution is 5.94. The number of carbonyl (C=O) groups excluding carboxylic acids is 2. The van der Waals surface area contributed by atoms with Crippen molar-refractivity contribution in [3.8, 4) is 0 Å². The molecule has 15 heavy (non-hydrogen) atoms. The fourth-order valence-corrected chi connectivity index (χ4v) is 1.32. The molecule has 4 heteroatoms. The van der Waals surface area contributed by atoms with Crippen LogP contribution in [-0.2, 0) is 11.2 Å². The van der Waals surface area contributed by atoms with Gasteiger partial charge in [-0.15, -0.1) is 0 Å². The summed E-state index contributed by atoms with van der Waals surface area (Å²) in [6.45, 7) is 2.08. The van der Waals surface area contributed by atoms with E-state index in [4.69, 9.17) is 0 Å². The van der Waals surface area contributed by atoms with Gasteiger partial charge in [0.1, 0.15) is 0 Å². The lowest BCUT2D eigenvalue weighted by molar-refractivity contribution is -0.110. The molecule has 0 saturated heterocycles. The first-order valence-electron chi connectivity index (χ1n) is 4.86. The molecule has 0 atom stereocenters. The van der Waals surface area contributed by atoms with Gasteiger partial charge in [-0.05, 0) is 24.1 Å². The van der Waals surface area contributed by atoms with Crippen molar-refractivity contribution < 1.29 is 9.59 Å². The fraction of sp³-hybridized carbons (Fsp3) is 0.273. The number of carbonyl (C=O) groups is 2. The number of benzene rings is 1. The molecule has 0 aliphatic rings. The van der Waals surface area contributed by atoms with E-state index in [9.17, 15) is 9.59 Å². The summed E-state index contributed by atoms with van der Waals surface area (Å²) >= 11 is 0. The van der Waals surface area contributed by atoms with E-state index in [0.29, 0.717) is 12.0 Å². The van der Waals surface area contributed by atoms with E-state index in [1.165, 1.54) is 0 Å². The van der Waals surface area contributed by atoms with Crippen LogP contribution in [0.3, 0.4) is 0 Å². The third-order valence-electron chi connectivity index (χ3n) is 1.97. The summed E-state index contributed by atoms with van der Waals surface area (Å²) < 4.78 is 0. The van der Waals surface area contributed by atoms with Gasteiger partial charge in [0.15, 0.2) is 0 Å². The number of amides is 2. The van der Waals surface area contributed by atoms with E-state index in [-0.39, 0.29) is 5.91 Å². The van der Waals surface area contributed by atoms with Crippen LogP contribution in [0.4, 0.5) is 0 Å². The Kier molecular flexibility index (Phi) is 4.34. The van der Waals surface area contributed by atoms with E-state index >= 15 is 0 Å². The van der Waals surface area contributed by atoms with Gasteiger partial charge in [-0.25, -0.2) is 0 Å². The Hall–Kier alpha value is -1.84. The van der Waals surface area contributed by atoms with E-state index in [1.54, 1.807) is 6.07 Å². The van der Waals surface area contributed by atoms with E-state index < -0.39 is 0 Å². The zero-order valence-electron chi connectivity index (χ0n) is 8.62. The molecule has 0 unspecified atom stereocenters. The zero-order chi connectivity index (χ0) is 11.1. The molecule has 0 saturated carbocycles. The highest BCUT2D eigenvalue weighted by atomic mass is 16.2. The lowest BCUT2D eigenvalue weighted by atomic mass is 10.1. The molecule has 0 aliphatic heterocycles. The molecule has 4 nitrogen and oxygen atoms in total. The van der Waals surface area contributed by atoms with Crippen LogP contribution in [0.15, 0.2) is 24.3 Å². The van der Waals surface area contributed by atoms with Crippen molar-refractivity contribution in [3.05, 3.63) is 35.4 Å². The van der Waals surface area contributed by atoms with Crippen LogP contribution >= 0.6 is 0 Å². The first-order chi connectivity index (χ1) is 7.27. The number of hydrogen-bond donors (Lipinski definition) is 2. The molecule has 0 aromatic heterocycles. The zero-order valence-corrected chi connectivity index (χ0v) is 8.62. The Balaban J connectivity index is 2.71. The average Bonchev–Trinajstić information content (AvgIpc) is 2.27. The lowest BCUT2D eigenvalue weighted by Crippen LogP contribution is -2.36. The third-order valence-corrected chi connectivity index (χ3v) is 1.97. The highest BCUT2D eigenvalue weighted by Gasteiger charge is 2.04. The first kappa shape index (κ1) is 11.2. The van der Waals surface area contributed by atoms with Gasteiger partial charge in [-0.2, -0.15) is 0 Å². The molecule has 0 heterocycles. The Bertz CT molecular complexity index is 350. The molecule has 0 aliphatic carbocycles. The summed E-state index contributed by atoms with van der Waals surface area (Å²) in [4.78, 5) is 21.4. The van der Waals surface area contributed by atoms with Gasteiger partial charge in [0, 0.05) is 5.56 Å². The van der Waals surface area contributed by atoms with Crippen molar-refractivity contribution in [2.75, 3.05) is 0 Å². The van der Waals surface area contributed by atoms with Gasteiger partial charge < -0.3 is 0 Å². The number of nitrogens with one attached hydrogen (secondary N) is 2. The molecule has 2 amide bonds. The van der Waals surface area contributed by atoms with Crippen LogP contribution in [0.25, 0.3) is 0 Å². The van der Waals surface area contributed by atoms with Crippen LogP contribution in [0, 0.1) is 0 Å². The fourth-order valence-electron chi connectivity index (χ4n) is 1.32. The van der Waals surface area contributed by atoms with E-state index in [0.717, 1.165) is 18.4 Å². The van der Waals surface area contributed by atoms with Gasteiger partial charge in [0.05, 0.1) is 0 Å². The summed E-state index contributed by atoms with van der Waals surface area (Å²) in [7, 11) is 0. The van der Waals surface area contributed by atoms with E-state index in [1.807, 2.05) is 18.2 Å². The maximum atomic E-state index is 11.4.